The second-order valence-electron chi connectivity index (χ2n) is 6.37. The minimum atomic E-state index is -0.0806. The first-order chi connectivity index (χ1) is 13.1. The molecule has 4 N–H and O–H groups in total. The molecule has 0 radical (unpaired) electrons. The van der Waals surface area contributed by atoms with Crippen molar-refractivity contribution in [1.29, 1.82) is 0 Å². The highest BCUT2D eigenvalue weighted by atomic mass is 79.9. The van der Waals surface area contributed by atoms with Gasteiger partial charge in [0.1, 0.15) is 0 Å². The summed E-state index contributed by atoms with van der Waals surface area (Å²) in [4.78, 5) is 28.1. The van der Waals surface area contributed by atoms with Gasteiger partial charge in [-0.15, -0.1) is 0 Å². The summed E-state index contributed by atoms with van der Waals surface area (Å²) < 4.78 is 0.948. The van der Waals surface area contributed by atoms with Gasteiger partial charge in [0.2, 0.25) is 5.91 Å². The third kappa shape index (κ3) is 8.43. The summed E-state index contributed by atoms with van der Waals surface area (Å²) in [7, 11) is 0. The Morgan fingerprint density at radius 3 is 2.41 bits per heavy atom. The molecule has 1 aliphatic rings. The van der Waals surface area contributed by atoms with Gasteiger partial charge in [0.05, 0.1) is 0 Å². The number of rotatable bonds is 10. The molecule has 0 unspecified atom stereocenters. The van der Waals surface area contributed by atoms with Crippen molar-refractivity contribution in [3.8, 4) is 0 Å². The van der Waals surface area contributed by atoms with Crippen molar-refractivity contribution in [2.75, 3.05) is 32.7 Å². The maximum atomic E-state index is 12.0. The molecule has 2 amide bonds. The molecular formula is C19H28BrN5O2. The molecule has 0 atom stereocenters. The quantitative estimate of drug-likeness (QED) is 0.254. The van der Waals surface area contributed by atoms with Crippen molar-refractivity contribution < 1.29 is 9.59 Å². The van der Waals surface area contributed by atoms with Crippen LogP contribution in [0.1, 0.15) is 36.5 Å². The Hall–Kier alpha value is -2.09. The number of carbonyl (C=O) groups excluding carboxylic acids is 2. The molecule has 0 aromatic heterocycles. The Kier molecular flexibility index (Phi) is 9.10. The minimum absolute atomic E-state index is 0.0806. The highest BCUT2D eigenvalue weighted by molar-refractivity contribution is 9.10. The van der Waals surface area contributed by atoms with E-state index in [1.807, 2.05) is 19.1 Å². The van der Waals surface area contributed by atoms with Crippen LogP contribution in [0, 0.1) is 5.92 Å². The van der Waals surface area contributed by atoms with E-state index in [2.05, 4.69) is 42.2 Å². The molecule has 148 valence electrons. The van der Waals surface area contributed by atoms with Crippen LogP contribution in [-0.2, 0) is 4.79 Å². The SMILES string of the molecule is CCNC(=NCCCNC(=O)c1ccc(Br)cc1)NCCNC(=O)C1CC1. The van der Waals surface area contributed by atoms with E-state index >= 15 is 0 Å². The van der Waals surface area contributed by atoms with E-state index < -0.39 is 0 Å². The Balaban J connectivity index is 1.61. The average Bonchev–Trinajstić information content (AvgIpc) is 3.50. The van der Waals surface area contributed by atoms with E-state index in [9.17, 15) is 9.59 Å². The smallest absolute Gasteiger partial charge is 0.251 e. The van der Waals surface area contributed by atoms with Crippen LogP contribution in [0.5, 0.6) is 0 Å². The van der Waals surface area contributed by atoms with E-state index in [4.69, 9.17) is 0 Å². The van der Waals surface area contributed by atoms with Crippen molar-refractivity contribution in [3.05, 3.63) is 34.3 Å². The molecular weight excluding hydrogens is 410 g/mol. The number of aliphatic imine (C=N–C) groups is 1. The van der Waals surface area contributed by atoms with E-state index in [1.165, 1.54) is 0 Å². The van der Waals surface area contributed by atoms with Crippen LogP contribution in [0.15, 0.2) is 33.7 Å². The van der Waals surface area contributed by atoms with Gasteiger partial charge in [0, 0.05) is 48.7 Å². The first-order valence-corrected chi connectivity index (χ1v) is 10.2. The summed E-state index contributed by atoms with van der Waals surface area (Å²) in [5.41, 5.74) is 0.643. The zero-order chi connectivity index (χ0) is 19.5. The number of carbonyl (C=O) groups is 2. The molecule has 1 aromatic carbocycles. The molecule has 0 aliphatic heterocycles. The zero-order valence-corrected chi connectivity index (χ0v) is 17.3. The lowest BCUT2D eigenvalue weighted by molar-refractivity contribution is -0.122. The Morgan fingerprint density at radius 2 is 1.74 bits per heavy atom. The van der Waals surface area contributed by atoms with Crippen LogP contribution >= 0.6 is 15.9 Å². The van der Waals surface area contributed by atoms with E-state index in [0.717, 1.165) is 36.2 Å². The summed E-state index contributed by atoms with van der Waals surface area (Å²) in [5.74, 6) is 1.03. The third-order valence-corrected chi connectivity index (χ3v) is 4.53. The molecule has 8 heteroatoms. The second-order valence-corrected chi connectivity index (χ2v) is 7.28. The lowest BCUT2D eigenvalue weighted by atomic mass is 10.2. The monoisotopic (exact) mass is 437 g/mol. The third-order valence-electron chi connectivity index (χ3n) is 4.01. The number of benzene rings is 1. The number of guanidine groups is 1. The van der Waals surface area contributed by atoms with Gasteiger partial charge in [-0.25, -0.2) is 0 Å². The first-order valence-electron chi connectivity index (χ1n) is 9.43. The molecule has 1 aromatic rings. The van der Waals surface area contributed by atoms with Crippen LogP contribution in [-0.4, -0.2) is 50.5 Å². The predicted molar refractivity (Wildman–Crippen MR) is 111 cm³/mol. The molecule has 1 fully saturated rings. The van der Waals surface area contributed by atoms with E-state index in [1.54, 1.807) is 12.1 Å². The number of hydrogen-bond donors (Lipinski definition) is 4. The maximum absolute atomic E-state index is 12.0. The van der Waals surface area contributed by atoms with E-state index in [0.29, 0.717) is 31.7 Å². The van der Waals surface area contributed by atoms with Crippen LogP contribution in [0.25, 0.3) is 0 Å². The molecule has 0 spiro atoms. The predicted octanol–water partition coefficient (Wildman–Crippen LogP) is 1.65. The van der Waals surface area contributed by atoms with Gasteiger partial charge < -0.3 is 21.3 Å². The van der Waals surface area contributed by atoms with Gasteiger partial charge in [-0.1, -0.05) is 15.9 Å². The topological polar surface area (TPSA) is 94.6 Å². The van der Waals surface area contributed by atoms with Gasteiger partial charge in [-0.05, 0) is 50.5 Å². The van der Waals surface area contributed by atoms with Gasteiger partial charge >= 0.3 is 0 Å². The number of hydrogen-bond acceptors (Lipinski definition) is 3. The Labute approximate surface area is 168 Å². The van der Waals surface area contributed by atoms with Gasteiger partial charge in [0.15, 0.2) is 5.96 Å². The molecule has 1 aliphatic carbocycles. The molecule has 27 heavy (non-hydrogen) atoms. The molecule has 0 bridgehead atoms. The minimum Gasteiger partial charge on any atom is -0.357 e. The molecule has 0 heterocycles. The van der Waals surface area contributed by atoms with Gasteiger partial charge in [0.25, 0.3) is 5.91 Å². The van der Waals surface area contributed by atoms with Crippen LogP contribution in [0.3, 0.4) is 0 Å². The lowest BCUT2D eigenvalue weighted by Crippen LogP contribution is -2.41. The second kappa shape index (κ2) is 11.6. The van der Waals surface area contributed by atoms with E-state index in [-0.39, 0.29) is 17.7 Å². The number of amides is 2. The van der Waals surface area contributed by atoms with Crippen molar-refractivity contribution in [2.45, 2.75) is 26.2 Å². The highest BCUT2D eigenvalue weighted by Crippen LogP contribution is 2.28. The van der Waals surface area contributed by atoms with Crippen molar-refractivity contribution in [1.82, 2.24) is 21.3 Å². The summed E-state index contributed by atoms with van der Waals surface area (Å²) >= 11 is 3.35. The summed E-state index contributed by atoms with van der Waals surface area (Å²) in [6.45, 7) is 5.15. The van der Waals surface area contributed by atoms with Crippen molar-refractivity contribution in [2.24, 2.45) is 10.9 Å². The first kappa shape index (κ1) is 21.2. The Bertz CT molecular complexity index is 644. The maximum Gasteiger partial charge on any atom is 0.251 e. The summed E-state index contributed by atoms with van der Waals surface area (Å²) in [6.07, 6.45) is 2.78. The molecule has 2 rings (SSSR count). The number of nitrogens with one attached hydrogen (secondary N) is 4. The molecule has 0 saturated heterocycles. The molecule has 1 saturated carbocycles. The normalized spacial score (nSPS) is 13.8. The lowest BCUT2D eigenvalue weighted by Gasteiger charge is -2.12. The fourth-order valence-corrected chi connectivity index (χ4v) is 2.64. The van der Waals surface area contributed by atoms with Gasteiger partial charge in [-0.3, -0.25) is 14.6 Å². The van der Waals surface area contributed by atoms with Crippen molar-refractivity contribution in [3.63, 3.8) is 0 Å². The number of halogens is 1. The number of nitrogens with zero attached hydrogens (tertiary/aromatic N) is 1. The standard InChI is InChI=1S/C19H28BrN5O2/c1-2-21-19(25-13-12-23-18(27)14-4-5-14)24-11-3-10-22-17(26)15-6-8-16(20)9-7-15/h6-9,14H,2-5,10-13H2,1H3,(H,22,26)(H,23,27)(H2,21,24,25). The van der Waals surface area contributed by atoms with Crippen LogP contribution in [0.4, 0.5) is 0 Å². The van der Waals surface area contributed by atoms with Crippen molar-refractivity contribution >= 4 is 33.7 Å². The van der Waals surface area contributed by atoms with Gasteiger partial charge in [-0.2, -0.15) is 0 Å². The fourth-order valence-electron chi connectivity index (χ4n) is 2.37. The molecule has 7 nitrogen and oxygen atoms in total. The summed E-state index contributed by atoms with van der Waals surface area (Å²) in [6, 6.07) is 7.26. The fraction of sp³-hybridized carbons (Fsp3) is 0.526. The Morgan fingerprint density at radius 1 is 1.04 bits per heavy atom. The zero-order valence-electron chi connectivity index (χ0n) is 15.7. The average molecular weight is 438 g/mol. The summed E-state index contributed by atoms with van der Waals surface area (Å²) in [5, 5.41) is 12.2. The largest absolute Gasteiger partial charge is 0.357 e. The van der Waals surface area contributed by atoms with Crippen LogP contribution < -0.4 is 21.3 Å². The highest BCUT2D eigenvalue weighted by Gasteiger charge is 2.28. The van der Waals surface area contributed by atoms with Crippen LogP contribution in [0.2, 0.25) is 0 Å².